The fourth-order valence-corrected chi connectivity index (χ4v) is 2.19. The highest BCUT2D eigenvalue weighted by molar-refractivity contribution is 7.98. The third-order valence-corrected chi connectivity index (χ3v) is 3.35. The Morgan fingerprint density at radius 2 is 2.11 bits per heavy atom. The molecule has 5 nitrogen and oxygen atoms in total. The zero-order valence-electron chi connectivity index (χ0n) is 10.1. The van der Waals surface area contributed by atoms with Crippen molar-refractivity contribution in [3.8, 4) is 5.75 Å². The molecule has 102 valence electrons. The lowest BCUT2D eigenvalue weighted by molar-refractivity contribution is 0.333. The van der Waals surface area contributed by atoms with Gasteiger partial charge in [-0.25, -0.2) is 5.10 Å². The van der Waals surface area contributed by atoms with E-state index in [2.05, 4.69) is 20.5 Å². The number of thioether (sulfide) groups is 1. The number of rotatable bonds is 6. The van der Waals surface area contributed by atoms with Crippen LogP contribution in [-0.2, 0) is 0 Å². The summed E-state index contributed by atoms with van der Waals surface area (Å²) in [5.41, 5.74) is 0. The Hall–Kier alpha value is -1.11. The maximum atomic E-state index is 5.99. The number of H-pyrrole nitrogens is 1. The molecule has 0 aliphatic rings. The van der Waals surface area contributed by atoms with Gasteiger partial charge in [-0.2, -0.15) is 4.98 Å². The van der Waals surface area contributed by atoms with E-state index in [0.29, 0.717) is 40.1 Å². The van der Waals surface area contributed by atoms with E-state index in [1.165, 1.54) is 11.8 Å². The molecule has 0 aliphatic carbocycles. The molecule has 1 aromatic heterocycles. The van der Waals surface area contributed by atoms with Crippen LogP contribution in [0, 0.1) is 0 Å². The molecule has 1 aromatic carbocycles. The van der Waals surface area contributed by atoms with Crippen molar-refractivity contribution in [2.75, 3.05) is 24.7 Å². The summed E-state index contributed by atoms with van der Waals surface area (Å²) in [6.07, 6.45) is 1.91. The molecule has 0 amide bonds. The second-order valence-electron chi connectivity index (χ2n) is 3.50. The van der Waals surface area contributed by atoms with E-state index in [0.717, 1.165) is 0 Å². The first-order valence-corrected chi connectivity index (χ1v) is 7.46. The van der Waals surface area contributed by atoms with Crippen LogP contribution < -0.4 is 10.1 Å². The Labute approximate surface area is 125 Å². The topological polar surface area (TPSA) is 62.8 Å². The number of aromatic nitrogens is 3. The predicted octanol–water partition coefficient (Wildman–Crippen LogP) is 3.32. The van der Waals surface area contributed by atoms with Crippen molar-refractivity contribution in [1.29, 1.82) is 0 Å². The number of hydrogen-bond acceptors (Lipinski definition) is 5. The molecule has 0 bridgehead atoms. The van der Waals surface area contributed by atoms with Crippen LogP contribution in [-0.4, -0.2) is 34.6 Å². The van der Waals surface area contributed by atoms with Crippen LogP contribution >= 0.6 is 35.0 Å². The number of anilines is 1. The minimum atomic E-state index is 0.415. The van der Waals surface area contributed by atoms with Gasteiger partial charge >= 0.3 is 0 Å². The first-order chi connectivity index (χ1) is 9.20. The Bertz CT molecular complexity index is 529. The van der Waals surface area contributed by atoms with Gasteiger partial charge in [0.05, 0.1) is 16.6 Å². The van der Waals surface area contributed by atoms with E-state index in [9.17, 15) is 0 Å². The normalized spacial score (nSPS) is 10.5. The van der Waals surface area contributed by atoms with Crippen LogP contribution in [0.15, 0.2) is 23.4 Å². The van der Waals surface area contributed by atoms with Crippen molar-refractivity contribution in [2.24, 2.45) is 0 Å². The zero-order chi connectivity index (χ0) is 13.7. The summed E-state index contributed by atoms with van der Waals surface area (Å²) in [4.78, 5) is 4.19. The summed E-state index contributed by atoms with van der Waals surface area (Å²) in [5, 5.41) is 11.5. The molecular weight excluding hydrogens is 307 g/mol. The average Bonchev–Trinajstić information content (AvgIpc) is 2.85. The number of aromatic amines is 1. The van der Waals surface area contributed by atoms with E-state index in [1.54, 1.807) is 18.2 Å². The van der Waals surface area contributed by atoms with Gasteiger partial charge in [0.2, 0.25) is 11.1 Å². The predicted molar refractivity (Wildman–Crippen MR) is 78.6 cm³/mol. The molecule has 0 fully saturated rings. The molecule has 0 atom stereocenters. The van der Waals surface area contributed by atoms with Crippen molar-refractivity contribution < 1.29 is 4.74 Å². The largest absolute Gasteiger partial charge is 0.489 e. The lowest BCUT2D eigenvalue weighted by Crippen LogP contribution is -2.12. The summed E-state index contributed by atoms with van der Waals surface area (Å²) < 4.78 is 5.53. The van der Waals surface area contributed by atoms with Crippen LogP contribution in [0.5, 0.6) is 5.75 Å². The van der Waals surface area contributed by atoms with Crippen molar-refractivity contribution in [3.63, 3.8) is 0 Å². The molecule has 0 aliphatic heterocycles. The van der Waals surface area contributed by atoms with E-state index >= 15 is 0 Å². The third kappa shape index (κ3) is 3.92. The Balaban J connectivity index is 1.80. The maximum Gasteiger partial charge on any atom is 0.219 e. The van der Waals surface area contributed by atoms with Crippen LogP contribution in [0.1, 0.15) is 0 Å². The molecule has 0 saturated carbocycles. The number of hydrogen-bond donors (Lipinski definition) is 2. The van der Waals surface area contributed by atoms with Gasteiger partial charge in [-0.1, -0.05) is 41.0 Å². The first kappa shape index (κ1) is 14.3. The number of para-hydroxylation sites is 1. The minimum absolute atomic E-state index is 0.415. The summed E-state index contributed by atoms with van der Waals surface area (Å²) in [6.45, 7) is 0.976. The average molecular weight is 319 g/mol. The number of benzene rings is 1. The standard InChI is InChI=1S/C11H12Cl2N4OS/c1-19-11-15-10(16-17-11)14-5-6-18-9-7(12)3-2-4-8(9)13/h2-4H,5-6H2,1H3,(H2,14,15,16,17). The molecule has 2 rings (SSSR count). The number of nitrogens with one attached hydrogen (secondary N) is 2. The Morgan fingerprint density at radius 3 is 2.74 bits per heavy atom. The molecule has 0 saturated heterocycles. The SMILES string of the molecule is CSc1n[nH]c(NCCOc2c(Cl)cccc2Cl)n1. The smallest absolute Gasteiger partial charge is 0.219 e. The van der Waals surface area contributed by atoms with Gasteiger partial charge in [-0.3, -0.25) is 0 Å². The van der Waals surface area contributed by atoms with Gasteiger partial charge in [-0.05, 0) is 18.4 Å². The van der Waals surface area contributed by atoms with Crippen molar-refractivity contribution in [1.82, 2.24) is 15.2 Å². The van der Waals surface area contributed by atoms with Gasteiger partial charge in [0.15, 0.2) is 5.75 Å². The third-order valence-electron chi connectivity index (χ3n) is 2.21. The highest BCUT2D eigenvalue weighted by Crippen LogP contribution is 2.32. The molecule has 0 spiro atoms. The Kier molecular flexibility index (Phi) is 5.18. The second-order valence-corrected chi connectivity index (χ2v) is 5.08. The van der Waals surface area contributed by atoms with Gasteiger partial charge in [-0.15, -0.1) is 5.10 Å². The van der Waals surface area contributed by atoms with E-state index in [1.807, 2.05) is 6.26 Å². The van der Waals surface area contributed by atoms with E-state index < -0.39 is 0 Å². The first-order valence-electron chi connectivity index (χ1n) is 5.48. The quantitative estimate of drug-likeness (QED) is 0.632. The van der Waals surface area contributed by atoms with E-state index in [-0.39, 0.29) is 0 Å². The number of halogens is 2. The summed E-state index contributed by atoms with van der Waals surface area (Å²) in [6, 6.07) is 5.24. The monoisotopic (exact) mass is 318 g/mol. The van der Waals surface area contributed by atoms with Crippen LogP contribution in [0.2, 0.25) is 10.0 Å². The number of nitrogens with zero attached hydrogens (tertiary/aromatic N) is 2. The molecular formula is C11H12Cl2N4OS. The highest BCUT2D eigenvalue weighted by atomic mass is 35.5. The lowest BCUT2D eigenvalue weighted by Gasteiger charge is -2.09. The molecule has 19 heavy (non-hydrogen) atoms. The summed E-state index contributed by atoms with van der Waals surface area (Å²) in [7, 11) is 0. The highest BCUT2D eigenvalue weighted by Gasteiger charge is 2.06. The van der Waals surface area contributed by atoms with Gasteiger partial charge < -0.3 is 10.1 Å². The molecule has 8 heteroatoms. The van der Waals surface area contributed by atoms with Crippen LogP contribution in [0.3, 0.4) is 0 Å². The fourth-order valence-electron chi connectivity index (χ4n) is 1.36. The molecule has 2 N–H and O–H groups in total. The lowest BCUT2D eigenvalue weighted by atomic mass is 10.3. The molecule has 0 unspecified atom stereocenters. The number of ether oxygens (including phenoxy) is 1. The zero-order valence-corrected chi connectivity index (χ0v) is 12.4. The van der Waals surface area contributed by atoms with Crippen molar-refractivity contribution >= 4 is 40.9 Å². The summed E-state index contributed by atoms with van der Waals surface area (Å²) in [5.74, 6) is 1.10. The van der Waals surface area contributed by atoms with Crippen molar-refractivity contribution in [2.45, 2.75) is 5.16 Å². The molecule has 2 aromatic rings. The van der Waals surface area contributed by atoms with Gasteiger partial charge in [0, 0.05) is 0 Å². The van der Waals surface area contributed by atoms with Crippen LogP contribution in [0.25, 0.3) is 0 Å². The van der Waals surface area contributed by atoms with E-state index in [4.69, 9.17) is 27.9 Å². The van der Waals surface area contributed by atoms with Gasteiger partial charge in [0.1, 0.15) is 6.61 Å². The molecule has 0 radical (unpaired) electrons. The second kappa shape index (κ2) is 6.88. The minimum Gasteiger partial charge on any atom is -0.489 e. The fraction of sp³-hybridized carbons (Fsp3) is 0.273. The van der Waals surface area contributed by atoms with Gasteiger partial charge in [0.25, 0.3) is 0 Å². The van der Waals surface area contributed by atoms with Crippen LogP contribution in [0.4, 0.5) is 5.95 Å². The van der Waals surface area contributed by atoms with Crippen molar-refractivity contribution in [3.05, 3.63) is 28.2 Å². The summed E-state index contributed by atoms with van der Waals surface area (Å²) >= 11 is 13.4. The maximum absolute atomic E-state index is 5.99. The molecule has 1 heterocycles. The Morgan fingerprint density at radius 1 is 1.37 bits per heavy atom.